The number of amides is 1. The fourth-order valence-corrected chi connectivity index (χ4v) is 3.15. The van der Waals surface area contributed by atoms with Crippen LogP contribution in [-0.2, 0) is 4.79 Å². The number of carbonyl (C=O) groups excluding carboxylic acids is 1. The van der Waals surface area contributed by atoms with Crippen molar-refractivity contribution >= 4 is 5.91 Å². The maximum atomic E-state index is 12.6. The molecule has 5 nitrogen and oxygen atoms in total. The Morgan fingerprint density at radius 2 is 1.61 bits per heavy atom. The molecule has 0 saturated heterocycles. The van der Waals surface area contributed by atoms with Crippen LogP contribution in [0.15, 0.2) is 36.4 Å². The molecule has 0 heterocycles. The second kappa shape index (κ2) is 9.49. The monoisotopic (exact) mass is 385 g/mol. The van der Waals surface area contributed by atoms with Gasteiger partial charge in [0.1, 0.15) is 17.2 Å². The lowest BCUT2D eigenvalue weighted by molar-refractivity contribution is -0.127. The topological polar surface area (TPSA) is 56.8 Å². The van der Waals surface area contributed by atoms with Crippen molar-refractivity contribution in [1.29, 1.82) is 0 Å². The van der Waals surface area contributed by atoms with Crippen molar-refractivity contribution in [3.8, 4) is 17.2 Å². The van der Waals surface area contributed by atoms with Gasteiger partial charge < -0.3 is 19.5 Å². The third kappa shape index (κ3) is 5.18. The highest BCUT2D eigenvalue weighted by atomic mass is 16.5. The number of hydrogen-bond donors (Lipinski definition) is 1. The zero-order valence-electron chi connectivity index (χ0n) is 17.8. The average molecular weight is 386 g/mol. The Labute approximate surface area is 168 Å². The normalized spacial score (nSPS) is 13.0. The Hall–Kier alpha value is -2.69. The van der Waals surface area contributed by atoms with Gasteiger partial charge in [0.15, 0.2) is 6.10 Å². The highest BCUT2D eigenvalue weighted by Crippen LogP contribution is 2.32. The summed E-state index contributed by atoms with van der Waals surface area (Å²) in [7, 11) is 3.28. The van der Waals surface area contributed by atoms with E-state index < -0.39 is 6.10 Å². The standard InChI is InChI=1S/C23H31NO4/c1-14(2)20-13-21(15(3)11-22(20)27-7)16(4)24-23(25)17(5)28-19-10-8-9-18(12-19)26-6/h8-14,16-17H,1-7H3,(H,24,25). The average Bonchev–Trinajstić information content (AvgIpc) is 2.67. The maximum Gasteiger partial charge on any atom is 0.261 e. The van der Waals surface area contributed by atoms with Gasteiger partial charge in [0.25, 0.3) is 5.91 Å². The predicted octanol–water partition coefficient (Wildman–Crippen LogP) is 4.78. The zero-order chi connectivity index (χ0) is 20.8. The molecule has 2 unspecified atom stereocenters. The number of ether oxygens (including phenoxy) is 3. The summed E-state index contributed by atoms with van der Waals surface area (Å²) in [5.41, 5.74) is 3.28. The molecular formula is C23H31NO4. The van der Waals surface area contributed by atoms with E-state index >= 15 is 0 Å². The molecule has 1 amide bonds. The largest absolute Gasteiger partial charge is 0.497 e. The molecule has 2 rings (SSSR count). The van der Waals surface area contributed by atoms with E-state index in [4.69, 9.17) is 14.2 Å². The van der Waals surface area contributed by atoms with Crippen LogP contribution < -0.4 is 19.5 Å². The molecule has 2 atom stereocenters. The van der Waals surface area contributed by atoms with E-state index in [1.165, 1.54) is 0 Å². The molecule has 0 aliphatic heterocycles. The number of hydrogen-bond acceptors (Lipinski definition) is 4. The Kier molecular flexibility index (Phi) is 7.32. The van der Waals surface area contributed by atoms with E-state index in [1.807, 2.05) is 32.0 Å². The lowest BCUT2D eigenvalue weighted by Crippen LogP contribution is -2.38. The van der Waals surface area contributed by atoms with Crippen LogP contribution in [0.1, 0.15) is 56.3 Å². The highest BCUT2D eigenvalue weighted by Gasteiger charge is 2.20. The zero-order valence-corrected chi connectivity index (χ0v) is 17.8. The summed E-state index contributed by atoms with van der Waals surface area (Å²) >= 11 is 0. The van der Waals surface area contributed by atoms with Gasteiger partial charge in [-0.1, -0.05) is 19.9 Å². The molecule has 0 fully saturated rings. The molecule has 152 valence electrons. The molecule has 28 heavy (non-hydrogen) atoms. The van der Waals surface area contributed by atoms with E-state index in [0.29, 0.717) is 17.4 Å². The lowest BCUT2D eigenvalue weighted by atomic mass is 9.93. The van der Waals surface area contributed by atoms with Gasteiger partial charge in [-0.3, -0.25) is 4.79 Å². The third-order valence-corrected chi connectivity index (χ3v) is 4.79. The summed E-state index contributed by atoms with van der Waals surface area (Å²) in [6.07, 6.45) is -0.627. The van der Waals surface area contributed by atoms with Crippen molar-refractivity contribution < 1.29 is 19.0 Å². The molecule has 0 aliphatic carbocycles. The molecule has 2 aromatic rings. The van der Waals surface area contributed by atoms with Crippen LogP contribution in [0, 0.1) is 6.92 Å². The lowest BCUT2D eigenvalue weighted by Gasteiger charge is -2.23. The van der Waals surface area contributed by atoms with Crippen LogP contribution in [0.2, 0.25) is 0 Å². The molecule has 1 N–H and O–H groups in total. The van der Waals surface area contributed by atoms with Crippen LogP contribution in [0.5, 0.6) is 17.2 Å². The van der Waals surface area contributed by atoms with Gasteiger partial charge in [0.05, 0.1) is 20.3 Å². The minimum Gasteiger partial charge on any atom is -0.497 e. The molecule has 0 saturated carbocycles. The minimum absolute atomic E-state index is 0.146. The smallest absolute Gasteiger partial charge is 0.261 e. The Morgan fingerprint density at radius 1 is 0.929 bits per heavy atom. The Bertz CT molecular complexity index is 816. The second-order valence-electron chi connectivity index (χ2n) is 7.27. The highest BCUT2D eigenvalue weighted by molar-refractivity contribution is 5.81. The summed E-state index contributed by atoms with van der Waals surface area (Å²) in [5, 5.41) is 3.05. The van der Waals surface area contributed by atoms with Crippen LogP contribution in [0.25, 0.3) is 0 Å². The third-order valence-electron chi connectivity index (χ3n) is 4.79. The maximum absolute atomic E-state index is 12.6. The fraction of sp³-hybridized carbons (Fsp3) is 0.435. The van der Waals surface area contributed by atoms with Gasteiger partial charge in [-0.15, -0.1) is 0 Å². The van der Waals surface area contributed by atoms with Gasteiger partial charge in [0, 0.05) is 6.07 Å². The molecule has 0 spiro atoms. The van der Waals surface area contributed by atoms with Crippen LogP contribution >= 0.6 is 0 Å². The predicted molar refractivity (Wildman–Crippen MR) is 111 cm³/mol. The van der Waals surface area contributed by atoms with Crippen molar-refractivity contribution in [1.82, 2.24) is 5.32 Å². The SMILES string of the molecule is COc1cccc(OC(C)C(=O)NC(C)c2cc(C(C)C)c(OC)cc2C)c1. The van der Waals surface area contributed by atoms with Crippen LogP contribution in [0.4, 0.5) is 0 Å². The number of methoxy groups -OCH3 is 2. The van der Waals surface area contributed by atoms with Crippen molar-refractivity contribution in [2.75, 3.05) is 14.2 Å². The summed E-state index contributed by atoms with van der Waals surface area (Å²) in [4.78, 5) is 12.6. The number of nitrogens with one attached hydrogen (secondary N) is 1. The van der Waals surface area contributed by atoms with Crippen molar-refractivity contribution in [2.45, 2.75) is 52.7 Å². The van der Waals surface area contributed by atoms with Crippen molar-refractivity contribution in [3.05, 3.63) is 53.1 Å². The second-order valence-corrected chi connectivity index (χ2v) is 7.27. The number of rotatable bonds is 8. The number of benzene rings is 2. The van der Waals surface area contributed by atoms with Crippen molar-refractivity contribution in [2.24, 2.45) is 0 Å². The van der Waals surface area contributed by atoms with Crippen LogP contribution in [-0.4, -0.2) is 26.2 Å². The number of carbonyl (C=O) groups is 1. The summed E-state index contributed by atoms with van der Waals surface area (Å²) in [6, 6.07) is 11.2. The van der Waals surface area contributed by atoms with Gasteiger partial charge in [-0.2, -0.15) is 0 Å². The Morgan fingerprint density at radius 3 is 2.21 bits per heavy atom. The molecule has 0 radical (unpaired) electrons. The van der Waals surface area contributed by atoms with Gasteiger partial charge in [-0.25, -0.2) is 0 Å². The minimum atomic E-state index is -0.627. The van der Waals surface area contributed by atoms with Crippen molar-refractivity contribution in [3.63, 3.8) is 0 Å². The summed E-state index contributed by atoms with van der Waals surface area (Å²) in [5.74, 6) is 2.32. The van der Waals surface area contributed by atoms with E-state index in [-0.39, 0.29) is 11.9 Å². The van der Waals surface area contributed by atoms with Gasteiger partial charge in [-0.05, 0) is 67.6 Å². The van der Waals surface area contributed by atoms with Gasteiger partial charge >= 0.3 is 0 Å². The van der Waals surface area contributed by atoms with E-state index in [0.717, 1.165) is 22.4 Å². The fourth-order valence-electron chi connectivity index (χ4n) is 3.15. The molecule has 0 aliphatic rings. The van der Waals surface area contributed by atoms with E-state index in [2.05, 4.69) is 25.2 Å². The summed E-state index contributed by atoms with van der Waals surface area (Å²) in [6.45, 7) is 10.0. The first-order valence-corrected chi connectivity index (χ1v) is 9.56. The molecule has 5 heteroatoms. The first-order valence-electron chi connectivity index (χ1n) is 9.56. The summed E-state index contributed by atoms with van der Waals surface area (Å²) < 4.78 is 16.5. The van der Waals surface area contributed by atoms with Crippen LogP contribution in [0.3, 0.4) is 0 Å². The Balaban J connectivity index is 2.11. The first kappa shape index (κ1) is 21.6. The van der Waals surface area contributed by atoms with Gasteiger partial charge in [0.2, 0.25) is 0 Å². The molecule has 2 aromatic carbocycles. The quantitative estimate of drug-likeness (QED) is 0.710. The number of aryl methyl sites for hydroxylation is 1. The first-order chi connectivity index (χ1) is 13.3. The molecular weight excluding hydrogens is 354 g/mol. The molecule has 0 aromatic heterocycles. The molecule has 0 bridgehead atoms. The van der Waals surface area contributed by atoms with E-state index in [9.17, 15) is 4.79 Å². The van der Waals surface area contributed by atoms with E-state index in [1.54, 1.807) is 33.3 Å².